The van der Waals surface area contributed by atoms with E-state index in [1.165, 1.54) is 11.6 Å². The summed E-state index contributed by atoms with van der Waals surface area (Å²) in [6.45, 7) is 0. The molecule has 0 heterocycles. The van der Waals surface area contributed by atoms with Crippen LogP contribution < -0.4 is 0 Å². The molecule has 0 aliphatic heterocycles. The summed E-state index contributed by atoms with van der Waals surface area (Å²) in [4.78, 5) is 8.67. The molecule has 37 valence electrons. The first-order chi connectivity index (χ1) is 3.31. The average molecular weight is 129 g/mol. The second kappa shape index (κ2) is 4.14. The van der Waals surface area contributed by atoms with Crippen molar-refractivity contribution in [3.63, 3.8) is 0 Å². The Hall–Kier alpha value is -0.0231. The lowest BCUT2D eigenvalue weighted by Gasteiger charge is -1.45. The molecular weight excluding hydrogens is 124 g/mol. The topological polar surface area (TPSA) is 17.1 Å². The van der Waals surface area contributed by atoms with Gasteiger partial charge in [-0.3, -0.25) is 4.79 Å². The van der Waals surface area contributed by atoms with Gasteiger partial charge >= 0.3 is 0 Å². The molecule has 0 saturated carbocycles. The van der Waals surface area contributed by atoms with Crippen molar-refractivity contribution in [2.24, 2.45) is 0 Å². The van der Waals surface area contributed by atoms with Crippen LogP contribution in [0.25, 0.3) is 0 Å². The summed E-state index contributed by atoms with van der Waals surface area (Å²) in [6, 6.07) is 0. The van der Waals surface area contributed by atoms with Gasteiger partial charge in [-0.15, -0.1) is 12.6 Å². The van der Waals surface area contributed by atoms with Crippen LogP contribution in [-0.2, 0) is 4.79 Å². The molecule has 0 atom stereocenters. The molecule has 0 N–H and O–H groups in total. The van der Waals surface area contributed by atoms with Gasteiger partial charge in [-0.25, -0.2) is 0 Å². The van der Waals surface area contributed by atoms with E-state index >= 15 is 0 Å². The van der Waals surface area contributed by atoms with Crippen LogP contribution >= 0.6 is 12.6 Å². The predicted molar refractivity (Wildman–Crippen MR) is 34.2 cm³/mol. The summed E-state index contributed by atoms with van der Waals surface area (Å²) in [6.07, 6.45) is 3.31. The van der Waals surface area contributed by atoms with Crippen molar-refractivity contribution >= 4 is 28.5 Å². The van der Waals surface area contributed by atoms with Crippen molar-refractivity contribution in [2.75, 3.05) is 0 Å². The smallest absolute Gasteiger partial charge is 0.173 e. The van der Waals surface area contributed by atoms with E-state index in [9.17, 15) is 0 Å². The molecule has 0 aromatic heterocycles. The van der Waals surface area contributed by atoms with Gasteiger partial charge in [0.05, 0.1) is 10.2 Å². The van der Waals surface area contributed by atoms with Crippen molar-refractivity contribution in [3.05, 3.63) is 11.3 Å². The molecule has 0 aromatic rings. The van der Waals surface area contributed by atoms with E-state index in [4.69, 9.17) is 4.79 Å². The highest BCUT2D eigenvalue weighted by molar-refractivity contribution is 7.94. The lowest BCUT2D eigenvalue weighted by Crippen LogP contribution is -1.43. The number of allylic oxidation sites excluding steroid dienone is 2. The highest BCUT2D eigenvalue weighted by atomic mass is 32.1. The van der Waals surface area contributed by atoms with Crippen molar-refractivity contribution in [3.8, 4) is 0 Å². The van der Waals surface area contributed by atoms with Gasteiger partial charge in [0, 0.05) is 0 Å². The summed E-state index contributed by atoms with van der Waals surface area (Å²) in [5, 5.41) is 1.35. The minimum Gasteiger partial charge on any atom is -0.291 e. The second-order valence-corrected chi connectivity index (χ2v) is 1.89. The van der Waals surface area contributed by atoms with Crippen LogP contribution in [0.1, 0.15) is 6.42 Å². The number of hydrogen-bond acceptors (Lipinski definition) is 1. The highest BCUT2D eigenvalue weighted by Gasteiger charge is 1.94. The number of thiol groups is 1. The number of carbonyl (C=O) groups excluding carboxylic acids is 1. The molecule has 0 aromatic carbocycles. The summed E-state index contributed by atoms with van der Waals surface area (Å²) in [7, 11) is 3.28. The quantitative estimate of drug-likeness (QED) is 0.287. The lowest BCUT2D eigenvalue weighted by atomic mass is 10.9. The van der Waals surface area contributed by atoms with Gasteiger partial charge < -0.3 is 0 Å². The Labute approximate surface area is 51.6 Å². The molecule has 3 radical (unpaired) electrons. The summed E-state index contributed by atoms with van der Waals surface area (Å²) >= 11 is 3.11. The number of carbonyl (C=O) groups is 1. The molecule has 1 nitrogen and oxygen atoms in total. The maximum absolute atomic E-state index is 8.67. The molecule has 0 bridgehead atoms. The zero-order valence-corrected chi connectivity index (χ0v) is 5.61. The normalized spacial score (nSPS) is 13.1. The molecule has 1 aliphatic carbocycles. The fourth-order valence-electron chi connectivity index (χ4n) is 0.0510. The van der Waals surface area contributed by atoms with Crippen molar-refractivity contribution in [1.82, 2.24) is 0 Å². The number of rotatable bonds is 0. The largest absolute Gasteiger partial charge is 0.291 e. The fraction of sp³-hybridized carbons (Fsp3) is 0.250. The third-order valence-electron chi connectivity index (χ3n) is 0.408. The molecule has 3 heteroatoms. The maximum atomic E-state index is 8.67. The SMILES string of the molecule is O=CS.[Si]C1=CC1. The molecule has 0 fully saturated rings. The van der Waals surface area contributed by atoms with Crippen LogP contribution in [0.3, 0.4) is 0 Å². The average Bonchev–Trinajstić information content (AvgIpc) is 2.25. The number of hydrogen-bond donors (Lipinski definition) is 1. The van der Waals surface area contributed by atoms with E-state index in [0.29, 0.717) is 5.62 Å². The Morgan fingerprint density at radius 3 is 2.14 bits per heavy atom. The predicted octanol–water partition coefficient (Wildman–Crippen LogP) is 0.549. The van der Waals surface area contributed by atoms with E-state index < -0.39 is 0 Å². The van der Waals surface area contributed by atoms with Crippen LogP contribution in [0.5, 0.6) is 0 Å². The van der Waals surface area contributed by atoms with Gasteiger partial charge in [-0.1, -0.05) is 11.3 Å². The molecule has 1 aliphatic rings. The fourth-order valence-corrected chi connectivity index (χ4v) is 0.153. The van der Waals surface area contributed by atoms with Gasteiger partial charge in [0.15, 0.2) is 5.62 Å². The van der Waals surface area contributed by atoms with E-state index in [-0.39, 0.29) is 0 Å². The van der Waals surface area contributed by atoms with E-state index in [1.807, 2.05) is 0 Å². The van der Waals surface area contributed by atoms with E-state index in [1.54, 1.807) is 0 Å². The molecule has 0 spiro atoms. The van der Waals surface area contributed by atoms with Gasteiger partial charge in [-0.05, 0) is 6.42 Å². The first-order valence-electron chi connectivity index (χ1n) is 1.79. The van der Waals surface area contributed by atoms with Crippen LogP contribution in [-0.4, -0.2) is 15.9 Å². The minimum absolute atomic E-state index is 0.444. The zero-order valence-electron chi connectivity index (χ0n) is 3.72. The molecule has 0 unspecified atom stereocenters. The van der Waals surface area contributed by atoms with Gasteiger partial charge in [0.2, 0.25) is 0 Å². The summed E-state index contributed by atoms with van der Waals surface area (Å²) in [5.41, 5.74) is 0.444. The second-order valence-electron chi connectivity index (χ2n) is 1.04. The maximum Gasteiger partial charge on any atom is 0.173 e. The first kappa shape index (κ1) is 6.98. The molecule has 0 saturated heterocycles. The minimum atomic E-state index is 0.444. The van der Waals surface area contributed by atoms with E-state index in [0.717, 1.165) is 0 Å². The van der Waals surface area contributed by atoms with Crippen LogP contribution in [0.4, 0.5) is 0 Å². The van der Waals surface area contributed by atoms with Gasteiger partial charge in [0.25, 0.3) is 0 Å². The van der Waals surface area contributed by atoms with Crippen molar-refractivity contribution < 1.29 is 4.79 Å². The highest BCUT2D eigenvalue weighted by Crippen LogP contribution is 2.10. The summed E-state index contributed by atoms with van der Waals surface area (Å²) < 4.78 is 0. The third-order valence-corrected chi connectivity index (χ3v) is 0.816. The van der Waals surface area contributed by atoms with Crippen molar-refractivity contribution in [2.45, 2.75) is 6.42 Å². The Kier molecular flexibility index (Phi) is 4.13. The summed E-state index contributed by atoms with van der Waals surface area (Å²) in [5.74, 6) is 0. The van der Waals surface area contributed by atoms with E-state index in [2.05, 4.69) is 28.9 Å². The Morgan fingerprint density at radius 1 is 2.00 bits per heavy atom. The molecule has 7 heavy (non-hydrogen) atoms. The van der Waals surface area contributed by atoms with Gasteiger partial charge in [0.1, 0.15) is 0 Å². The Bertz CT molecular complexity index is 89.7. The zero-order chi connectivity index (χ0) is 5.70. The lowest BCUT2D eigenvalue weighted by molar-refractivity contribution is 0.570. The third kappa shape index (κ3) is 10.7. The van der Waals surface area contributed by atoms with Crippen LogP contribution in [0.15, 0.2) is 11.3 Å². The molecular formula is C4H5OSSi. The van der Waals surface area contributed by atoms with Crippen LogP contribution in [0, 0.1) is 0 Å². The van der Waals surface area contributed by atoms with Gasteiger partial charge in [-0.2, -0.15) is 0 Å². The standard InChI is InChI=1S/C3H3Si.CH2OS/c4-3-1-2-3;2-1-3/h1H,2H2;1H,(H,2,3). The van der Waals surface area contributed by atoms with Crippen LogP contribution in [0.2, 0.25) is 0 Å². The monoisotopic (exact) mass is 129 g/mol. The molecule has 1 rings (SSSR count). The molecule has 0 amide bonds. The first-order valence-corrected chi connectivity index (χ1v) is 2.81. The Balaban J connectivity index is 0.000000110. The van der Waals surface area contributed by atoms with Crippen molar-refractivity contribution in [1.29, 1.82) is 0 Å². The Morgan fingerprint density at radius 2 is 2.14 bits per heavy atom.